The Balaban J connectivity index is 1.60. The van der Waals surface area contributed by atoms with Crippen LogP contribution in [0.4, 0.5) is 9.59 Å². The third-order valence-electron chi connectivity index (χ3n) is 5.14. The zero-order valence-electron chi connectivity index (χ0n) is 19.8. The molecule has 0 unspecified atom stereocenters. The normalized spacial score (nSPS) is 12.4. The van der Waals surface area contributed by atoms with Crippen molar-refractivity contribution in [3.05, 3.63) is 59.2 Å². The first-order chi connectivity index (χ1) is 16.1. The Morgan fingerprint density at radius 2 is 1.82 bits per heavy atom. The molecule has 0 bridgehead atoms. The van der Waals surface area contributed by atoms with Gasteiger partial charge in [-0.25, -0.2) is 14.6 Å². The standard InChI is InChI=1S/C26H29N3O5/c1-6-14-29(28-23(30)17(2)27-24(31)34-26(3,4)5)25(32)33-16-19-11-9-13-21-20-12-8-7-10-18(20)15-22(19)21/h1,7-13,17H,14-16H2,2-5H3,(H,27,31)(H,28,30)/t17-/m0/s1. The number of carbonyl (C=O) groups is 3. The number of alkyl carbamates (subject to hydrolysis) is 1. The summed E-state index contributed by atoms with van der Waals surface area (Å²) >= 11 is 0. The van der Waals surface area contributed by atoms with Gasteiger partial charge in [0, 0.05) is 0 Å². The number of hydrogen-bond acceptors (Lipinski definition) is 5. The molecule has 0 spiro atoms. The van der Waals surface area contributed by atoms with Gasteiger partial charge in [0.15, 0.2) is 0 Å². The maximum Gasteiger partial charge on any atom is 0.429 e. The third-order valence-corrected chi connectivity index (χ3v) is 5.14. The summed E-state index contributed by atoms with van der Waals surface area (Å²) in [6.07, 6.45) is 4.57. The van der Waals surface area contributed by atoms with Gasteiger partial charge in [-0.15, -0.1) is 6.42 Å². The highest BCUT2D eigenvalue weighted by Gasteiger charge is 2.25. The maximum absolute atomic E-state index is 12.7. The summed E-state index contributed by atoms with van der Waals surface area (Å²) < 4.78 is 10.6. The number of benzene rings is 2. The number of terminal acetylenes is 1. The second-order valence-electron chi connectivity index (χ2n) is 8.97. The molecule has 0 heterocycles. The van der Waals surface area contributed by atoms with E-state index < -0.39 is 29.7 Å². The lowest BCUT2D eigenvalue weighted by Crippen LogP contribution is -2.53. The smallest absolute Gasteiger partial charge is 0.429 e. The molecule has 1 aliphatic rings. The minimum absolute atomic E-state index is 0.0264. The molecule has 0 saturated carbocycles. The fourth-order valence-corrected chi connectivity index (χ4v) is 3.60. The average Bonchev–Trinajstić information content (AvgIpc) is 3.15. The Bertz CT molecular complexity index is 1130. The van der Waals surface area contributed by atoms with Crippen molar-refractivity contribution in [2.75, 3.05) is 6.54 Å². The van der Waals surface area contributed by atoms with Gasteiger partial charge < -0.3 is 14.8 Å². The van der Waals surface area contributed by atoms with Crippen LogP contribution in [0.1, 0.15) is 44.4 Å². The second kappa shape index (κ2) is 10.3. The van der Waals surface area contributed by atoms with Crippen LogP contribution in [-0.4, -0.2) is 41.3 Å². The summed E-state index contributed by atoms with van der Waals surface area (Å²) in [7, 11) is 0. The van der Waals surface area contributed by atoms with Gasteiger partial charge in [-0.05, 0) is 61.9 Å². The van der Waals surface area contributed by atoms with E-state index in [1.165, 1.54) is 18.1 Å². The minimum Gasteiger partial charge on any atom is -0.444 e. The molecule has 8 nitrogen and oxygen atoms in total. The average molecular weight is 464 g/mol. The number of hydrogen-bond donors (Lipinski definition) is 2. The molecule has 2 N–H and O–H groups in total. The molecular weight excluding hydrogens is 434 g/mol. The van der Waals surface area contributed by atoms with Crippen molar-refractivity contribution in [2.45, 2.75) is 52.4 Å². The minimum atomic E-state index is -0.973. The molecule has 1 aliphatic carbocycles. The van der Waals surface area contributed by atoms with Crippen molar-refractivity contribution in [1.29, 1.82) is 0 Å². The summed E-state index contributed by atoms with van der Waals surface area (Å²) in [6.45, 7) is 6.42. The van der Waals surface area contributed by atoms with E-state index in [1.54, 1.807) is 20.8 Å². The zero-order chi connectivity index (χ0) is 24.9. The molecule has 3 rings (SSSR count). The highest BCUT2D eigenvalue weighted by molar-refractivity contribution is 5.86. The highest BCUT2D eigenvalue weighted by Crippen LogP contribution is 2.38. The molecular formula is C26H29N3O5. The Kier molecular flexibility index (Phi) is 7.47. The van der Waals surface area contributed by atoms with Crippen LogP contribution in [0.5, 0.6) is 0 Å². The molecule has 2 aromatic rings. The van der Waals surface area contributed by atoms with Crippen LogP contribution in [0.2, 0.25) is 0 Å². The van der Waals surface area contributed by atoms with Gasteiger partial charge in [-0.2, -0.15) is 0 Å². The number of fused-ring (bicyclic) bond motifs is 3. The summed E-state index contributed by atoms with van der Waals surface area (Å²) in [5, 5.41) is 3.31. The van der Waals surface area contributed by atoms with E-state index in [2.05, 4.69) is 34.9 Å². The van der Waals surface area contributed by atoms with Gasteiger partial charge in [0.05, 0.1) is 0 Å². The van der Waals surface area contributed by atoms with Crippen LogP contribution in [0.15, 0.2) is 42.5 Å². The maximum atomic E-state index is 12.7. The number of nitrogens with one attached hydrogen (secondary N) is 2. The molecule has 0 radical (unpaired) electrons. The highest BCUT2D eigenvalue weighted by atomic mass is 16.6. The lowest BCUT2D eigenvalue weighted by Gasteiger charge is -2.24. The van der Waals surface area contributed by atoms with Gasteiger partial charge >= 0.3 is 12.2 Å². The van der Waals surface area contributed by atoms with Crippen molar-refractivity contribution >= 4 is 18.1 Å². The number of ether oxygens (including phenoxy) is 2. The lowest BCUT2D eigenvalue weighted by atomic mass is 10.0. The monoisotopic (exact) mass is 463 g/mol. The Morgan fingerprint density at radius 1 is 1.12 bits per heavy atom. The van der Waals surface area contributed by atoms with Crippen LogP contribution in [0, 0.1) is 12.3 Å². The number of amides is 3. The molecule has 1 atom stereocenters. The second-order valence-corrected chi connectivity index (χ2v) is 8.97. The first kappa shape index (κ1) is 24.6. The Morgan fingerprint density at radius 3 is 2.53 bits per heavy atom. The molecule has 0 fully saturated rings. The zero-order valence-corrected chi connectivity index (χ0v) is 19.8. The summed E-state index contributed by atoms with van der Waals surface area (Å²) in [5.74, 6) is 1.67. The molecule has 2 aromatic carbocycles. The van der Waals surface area contributed by atoms with E-state index >= 15 is 0 Å². The largest absolute Gasteiger partial charge is 0.444 e. The van der Waals surface area contributed by atoms with Crippen molar-refractivity contribution in [3.63, 3.8) is 0 Å². The van der Waals surface area contributed by atoms with Crippen LogP contribution in [0.3, 0.4) is 0 Å². The van der Waals surface area contributed by atoms with E-state index in [9.17, 15) is 14.4 Å². The number of carbonyl (C=O) groups excluding carboxylic acids is 3. The third kappa shape index (κ3) is 6.07. The van der Waals surface area contributed by atoms with Crippen molar-refractivity contribution in [2.24, 2.45) is 0 Å². The fourth-order valence-electron chi connectivity index (χ4n) is 3.60. The summed E-state index contributed by atoms with van der Waals surface area (Å²) in [6, 6.07) is 13.1. The first-order valence-electron chi connectivity index (χ1n) is 11.0. The lowest BCUT2D eigenvalue weighted by molar-refractivity contribution is -0.126. The molecule has 0 saturated heterocycles. The van der Waals surface area contributed by atoms with Gasteiger partial charge in [0.1, 0.15) is 24.8 Å². The van der Waals surface area contributed by atoms with Gasteiger partial charge in [0.2, 0.25) is 0 Å². The molecule has 0 aliphatic heterocycles. The SMILES string of the molecule is C#CCN(NC(=O)[C@H](C)NC(=O)OC(C)(C)C)C(=O)OCc1cccc2c1Cc1ccccc1-2. The predicted octanol–water partition coefficient (Wildman–Crippen LogP) is 3.77. The Labute approximate surface area is 199 Å². The Hall–Kier alpha value is -3.99. The van der Waals surface area contributed by atoms with E-state index in [0.717, 1.165) is 28.1 Å². The van der Waals surface area contributed by atoms with Crippen molar-refractivity contribution < 1.29 is 23.9 Å². The van der Waals surface area contributed by atoms with Crippen molar-refractivity contribution in [1.82, 2.24) is 15.8 Å². The van der Waals surface area contributed by atoms with Gasteiger partial charge in [-0.3, -0.25) is 10.2 Å². The van der Waals surface area contributed by atoms with Crippen LogP contribution in [0.25, 0.3) is 11.1 Å². The van der Waals surface area contributed by atoms with E-state index in [1.807, 2.05) is 24.3 Å². The number of nitrogens with zero attached hydrogens (tertiary/aromatic N) is 1. The van der Waals surface area contributed by atoms with Crippen molar-refractivity contribution in [3.8, 4) is 23.5 Å². The summed E-state index contributed by atoms with van der Waals surface area (Å²) in [5.41, 5.74) is 7.21. The molecule has 3 amide bonds. The van der Waals surface area contributed by atoms with E-state index in [0.29, 0.717) is 0 Å². The van der Waals surface area contributed by atoms with E-state index in [-0.39, 0.29) is 13.2 Å². The summed E-state index contributed by atoms with van der Waals surface area (Å²) in [4.78, 5) is 37.1. The fraction of sp³-hybridized carbons (Fsp3) is 0.346. The molecule has 8 heteroatoms. The molecule has 34 heavy (non-hydrogen) atoms. The van der Waals surface area contributed by atoms with Crippen LogP contribution < -0.4 is 10.7 Å². The topological polar surface area (TPSA) is 97.0 Å². The number of rotatable bonds is 5. The predicted molar refractivity (Wildman–Crippen MR) is 127 cm³/mol. The van der Waals surface area contributed by atoms with Crippen LogP contribution in [-0.2, 0) is 27.3 Å². The van der Waals surface area contributed by atoms with Crippen LogP contribution >= 0.6 is 0 Å². The van der Waals surface area contributed by atoms with E-state index in [4.69, 9.17) is 15.9 Å². The molecule has 178 valence electrons. The first-order valence-corrected chi connectivity index (χ1v) is 11.0. The number of hydrazine groups is 1. The molecule has 0 aromatic heterocycles. The quantitative estimate of drug-likeness (QED) is 0.443. The van der Waals surface area contributed by atoms with Gasteiger partial charge in [-0.1, -0.05) is 48.4 Å². The van der Waals surface area contributed by atoms with Gasteiger partial charge in [0.25, 0.3) is 5.91 Å².